The molecule has 2 aromatic heterocycles. The Morgan fingerprint density at radius 2 is 1.84 bits per heavy atom. The largest absolute Gasteiger partial charge is 0.497 e. The van der Waals surface area contributed by atoms with E-state index in [4.69, 9.17) is 14.2 Å². The number of aryl methyl sites for hydroxylation is 1. The van der Waals surface area contributed by atoms with Gasteiger partial charge in [0.1, 0.15) is 11.4 Å². The van der Waals surface area contributed by atoms with Crippen molar-refractivity contribution in [1.82, 2.24) is 9.55 Å². The van der Waals surface area contributed by atoms with Crippen LogP contribution in [0.5, 0.6) is 5.75 Å². The molecule has 31 heavy (non-hydrogen) atoms. The summed E-state index contributed by atoms with van der Waals surface area (Å²) in [6.07, 6.45) is 2.77. The molecule has 0 aliphatic carbocycles. The van der Waals surface area contributed by atoms with Crippen molar-refractivity contribution in [2.45, 2.75) is 26.2 Å². The third kappa shape index (κ3) is 5.31. The lowest BCUT2D eigenvalue weighted by molar-refractivity contribution is -0.140. The molecule has 7 nitrogen and oxygen atoms in total. The summed E-state index contributed by atoms with van der Waals surface area (Å²) in [6, 6.07) is 15.1. The van der Waals surface area contributed by atoms with Crippen molar-refractivity contribution in [3.05, 3.63) is 77.4 Å². The molecule has 3 aromatic rings. The summed E-state index contributed by atoms with van der Waals surface area (Å²) in [4.78, 5) is 29.1. The molecular formula is C24H26N2O5. The standard InChI is InChI=1S/C24H26N2O5/c1-4-31-24(28)23-17(8-13-22(27)30-3)15-20(16-18-7-5-6-14-25-18)26(23)19-9-11-21(29-2)12-10-19/h5-7,9-12,14-15H,4,8,13,16H2,1-3H3. The van der Waals surface area contributed by atoms with Gasteiger partial charge < -0.3 is 18.8 Å². The molecule has 7 heteroatoms. The monoisotopic (exact) mass is 422 g/mol. The summed E-state index contributed by atoms with van der Waals surface area (Å²) in [7, 11) is 2.95. The number of nitrogens with zero attached hydrogens (tertiary/aromatic N) is 2. The second-order valence-electron chi connectivity index (χ2n) is 6.84. The highest BCUT2D eigenvalue weighted by Crippen LogP contribution is 2.27. The van der Waals surface area contributed by atoms with Crippen LogP contribution in [-0.2, 0) is 27.1 Å². The van der Waals surface area contributed by atoms with Gasteiger partial charge in [0.25, 0.3) is 0 Å². The molecule has 0 amide bonds. The molecular weight excluding hydrogens is 396 g/mol. The molecule has 0 aliphatic rings. The van der Waals surface area contributed by atoms with Gasteiger partial charge in [-0.3, -0.25) is 9.78 Å². The highest BCUT2D eigenvalue weighted by atomic mass is 16.5. The molecule has 0 saturated carbocycles. The molecule has 3 rings (SSSR count). The van der Waals surface area contributed by atoms with Crippen molar-refractivity contribution < 1.29 is 23.8 Å². The molecule has 0 atom stereocenters. The molecule has 2 heterocycles. The average Bonchev–Trinajstić information content (AvgIpc) is 3.16. The average molecular weight is 422 g/mol. The first kappa shape index (κ1) is 22.1. The van der Waals surface area contributed by atoms with Crippen molar-refractivity contribution in [3.63, 3.8) is 0 Å². The van der Waals surface area contributed by atoms with E-state index in [1.807, 2.05) is 53.1 Å². The Balaban J connectivity index is 2.14. The van der Waals surface area contributed by atoms with Gasteiger partial charge in [-0.15, -0.1) is 0 Å². The number of benzene rings is 1. The van der Waals surface area contributed by atoms with Gasteiger partial charge >= 0.3 is 11.9 Å². The summed E-state index contributed by atoms with van der Waals surface area (Å²) >= 11 is 0. The Kier molecular flexibility index (Phi) is 7.43. The number of carbonyl (C=O) groups excluding carboxylic acids is 2. The number of pyridine rings is 1. The first-order chi connectivity index (χ1) is 15.1. The number of aromatic nitrogens is 2. The predicted octanol–water partition coefficient (Wildman–Crippen LogP) is 3.75. The van der Waals surface area contributed by atoms with Gasteiger partial charge in [-0.1, -0.05) is 6.07 Å². The van der Waals surface area contributed by atoms with Gasteiger partial charge in [-0.05, 0) is 61.4 Å². The Labute approximate surface area is 181 Å². The second kappa shape index (κ2) is 10.4. The van der Waals surface area contributed by atoms with E-state index in [9.17, 15) is 9.59 Å². The molecule has 0 unspecified atom stereocenters. The number of hydrogen-bond donors (Lipinski definition) is 0. The number of methoxy groups -OCH3 is 2. The molecule has 0 spiro atoms. The van der Waals surface area contributed by atoms with Crippen molar-refractivity contribution >= 4 is 11.9 Å². The van der Waals surface area contributed by atoms with E-state index < -0.39 is 5.97 Å². The predicted molar refractivity (Wildman–Crippen MR) is 116 cm³/mol. The molecule has 162 valence electrons. The zero-order chi connectivity index (χ0) is 22.2. The van der Waals surface area contributed by atoms with E-state index in [2.05, 4.69) is 4.98 Å². The highest BCUT2D eigenvalue weighted by Gasteiger charge is 2.24. The molecule has 0 N–H and O–H groups in total. The number of ether oxygens (including phenoxy) is 3. The Bertz CT molecular complexity index is 1030. The molecule has 1 aromatic carbocycles. The summed E-state index contributed by atoms with van der Waals surface area (Å²) in [5.41, 5.74) is 3.66. The summed E-state index contributed by atoms with van der Waals surface area (Å²) in [5, 5.41) is 0. The molecule has 0 aliphatic heterocycles. The number of esters is 2. The smallest absolute Gasteiger partial charge is 0.355 e. The number of hydrogen-bond acceptors (Lipinski definition) is 6. The molecule has 0 fully saturated rings. The van der Waals surface area contributed by atoms with E-state index in [1.165, 1.54) is 7.11 Å². The van der Waals surface area contributed by atoms with Crippen molar-refractivity contribution in [3.8, 4) is 11.4 Å². The van der Waals surface area contributed by atoms with Gasteiger partial charge in [0.2, 0.25) is 0 Å². The number of carbonyl (C=O) groups is 2. The van der Waals surface area contributed by atoms with Crippen LogP contribution in [0.25, 0.3) is 5.69 Å². The van der Waals surface area contributed by atoms with E-state index in [1.54, 1.807) is 20.2 Å². The van der Waals surface area contributed by atoms with Crippen molar-refractivity contribution in [2.24, 2.45) is 0 Å². The first-order valence-corrected chi connectivity index (χ1v) is 10.1. The van der Waals surface area contributed by atoms with Crippen LogP contribution >= 0.6 is 0 Å². The topological polar surface area (TPSA) is 79.7 Å². The van der Waals surface area contributed by atoms with Crippen LogP contribution in [0.2, 0.25) is 0 Å². The fourth-order valence-corrected chi connectivity index (χ4v) is 3.42. The SMILES string of the molecule is CCOC(=O)c1c(CCC(=O)OC)cc(Cc2ccccn2)n1-c1ccc(OC)cc1. The van der Waals surface area contributed by atoms with Crippen LogP contribution in [0, 0.1) is 0 Å². The zero-order valence-corrected chi connectivity index (χ0v) is 18.0. The summed E-state index contributed by atoms with van der Waals surface area (Å²) < 4.78 is 17.3. The second-order valence-corrected chi connectivity index (χ2v) is 6.84. The minimum Gasteiger partial charge on any atom is -0.497 e. The highest BCUT2D eigenvalue weighted by molar-refractivity contribution is 5.91. The minimum atomic E-state index is -0.439. The van der Waals surface area contributed by atoms with E-state index in [0.29, 0.717) is 24.3 Å². The zero-order valence-electron chi connectivity index (χ0n) is 18.0. The fraction of sp³-hybridized carbons (Fsp3) is 0.292. The van der Waals surface area contributed by atoms with Crippen LogP contribution in [0.4, 0.5) is 0 Å². The van der Waals surface area contributed by atoms with Crippen LogP contribution in [0.1, 0.15) is 40.8 Å². The first-order valence-electron chi connectivity index (χ1n) is 10.1. The maximum absolute atomic E-state index is 13.0. The van der Waals surface area contributed by atoms with Crippen molar-refractivity contribution in [1.29, 1.82) is 0 Å². The summed E-state index contributed by atoms with van der Waals surface area (Å²) in [5.74, 6) is -0.0606. The van der Waals surface area contributed by atoms with Gasteiger partial charge in [0.05, 0.1) is 20.8 Å². The third-order valence-corrected chi connectivity index (χ3v) is 4.87. The molecule has 0 radical (unpaired) electrons. The van der Waals surface area contributed by atoms with Crippen molar-refractivity contribution in [2.75, 3.05) is 20.8 Å². The third-order valence-electron chi connectivity index (χ3n) is 4.87. The lowest BCUT2D eigenvalue weighted by atomic mass is 10.1. The maximum Gasteiger partial charge on any atom is 0.355 e. The van der Waals surface area contributed by atoms with Crippen LogP contribution < -0.4 is 4.74 Å². The quantitative estimate of drug-likeness (QED) is 0.489. The lowest BCUT2D eigenvalue weighted by Gasteiger charge is -2.14. The minimum absolute atomic E-state index is 0.165. The van der Waals surface area contributed by atoms with E-state index in [-0.39, 0.29) is 19.0 Å². The summed E-state index contributed by atoms with van der Waals surface area (Å²) in [6.45, 7) is 2.01. The van der Waals surface area contributed by atoms with E-state index in [0.717, 1.165) is 22.6 Å². The molecule has 0 saturated heterocycles. The Morgan fingerprint density at radius 1 is 1.06 bits per heavy atom. The van der Waals surface area contributed by atoms with Gasteiger partial charge in [-0.25, -0.2) is 4.79 Å². The molecule has 0 bridgehead atoms. The van der Waals surface area contributed by atoms with Crippen LogP contribution in [0.15, 0.2) is 54.7 Å². The normalized spacial score (nSPS) is 10.5. The van der Waals surface area contributed by atoms with Crippen LogP contribution in [-0.4, -0.2) is 42.3 Å². The van der Waals surface area contributed by atoms with Gasteiger partial charge in [-0.2, -0.15) is 0 Å². The lowest BCUT2D eigenvalue weighted by Crippen LogP contribution is -2.15. The van der Waals surface area contributed by atoms with Gasteiger partial charge in [0, 0.05) is 36.1 Å². The Hall–Kier alpha value is -3.61. The Morgan fingerprint density at radius 3 is 2.45 bits per heavy atom. The fourth-order valence-electron chi connectivity index (χ4n) is 3.42. The van der Waals surface area contributed by atoms with Gasteiger partial charge in [0.15, 0.2) is 0 Å². The van der Waals surface area contributed by atoms with Crippen LogP contribution in [0.3, 0.4) is 0 Å². The van der Waals surface area contributed by atoms with E-state index >= 15 is 0 Å². The maximum atomic E-state index is 13.0. The number of rotatable bonds is 9.